The van der Waals surface area contributed by atoms with E-state index in [4.69, 9.17) is 11.6 Å². The zero-order valence-corrected chi connectivity index (χ0v) is 11.1. The van der Waals surface area contributed by atoms with E-state index in [9.17, 15) is 16.8 Å². The van der Waals surface area contributed by atoms with Crippen molar-refractivity contribution in [2.75, 3.05) is 30.2 Å². The second kappa shape index (κ2) is 6.03. The highest BCUT2D eigenvalue weighted by Gasteiger charge is 2.14. The molecule has 92 valence electrons. The highest BCUT2D eigenvalue weighted by Crippen LogP contribution is 1.97. The Hall–Kier alpha value is 0.150. The first-order chi connectivity index (χ1) is 6.66. The maximum absolute atomic E-state index is 11.3. The second-order valence-electron chi connectivity index (χ2n) is 3.56. The molecule has 1 atom stereocenters. The van der Waals surface area contributed by atoms with Crippen LogP contribution in [0.5, 0.6) is 0 Å². The Bertz CT molecular complexity index is 376. The van der Waals surface area contributed by atoms with Crippen molar-refractivity contribution in [3.8, 4) is 0 Å². The van der Waals surface area contributed by atoms with Gasteiger partial charge >= 0.3 is 0 Å². The van der Waals surface area contributed by atoms with Crippen LogP contribution in [0.3, 0.4) is 0 Å². The van der Waals surface area contributed by atoms with Crippen molar-refractivity contribution in [3.63, 3.8) is 0 Å². The molecule has 0 rings (SSSR count). The third kappa shape index (κ3) is 9.10. The average Bonchev–Trinajstić information content (AvgIpc) is 2.10. The number of rotatable bonds is 7. The first-order valence-electron chi connectivity index (χ1n) is 4.37. The molecule has 1 unspecified atom stereocenters. The average molecular weight is 278 g/mol. The molecule has 8 heteroatoms. The first-order valence-corrected chi connectivity index (χ1v) is 8.62. The van der Waals surface area contributed by atoms with Gasteiger partial charge in [0.1, 0.15) is 9.84 Å². The summed E-state index contributed by atoms with van der Waals surface area (Å²) in [6.07, 6.45) is 1.00. The molecule has 15 heavy (non-hydrogen) atoms. The highest BCUT2D eigenvalue weighted by molar-refractivity contribution is 7.93. The quantitative estimate of drug-likeness (QED) is 0.655. The smallest absolute Gasteiger partial charge is 0.212 e. The van der Waals surface area contributed by atoms with E-state index < -0.39 is 25.6 Å². The van der Waals surface area contributed by atoms with Gasteiger partial charge in [0, 0.05) is 18.7 Å². The van der Waals surface area contributed by atoms with Crippen LogP contribution >= 0.6 is 11.6 Å². The number of nitrogens with one attached hydrogen (secondary N) is 1. The van der Waals surface area contributed by atoms with E-state index >= 15 is 0 Å². The number of alkyl halides is 1. The Kier molecular flexibility index (Phi) is 6.09. The van der Waals surface area contributed by atoms with Crippen LogP contribution in [0.15, 0.2) is 0 Å². The summed E-state index contributed by atoms with van der Waals surface area (Å²) in [5.74, 6) is -0.382. The molecule has 0 amide bonds. The maximum atomic E-state index is 11.3. The van der Waals surface area contributed by atoms with E-state index in [1.165, 1.54) is 0 Å². The molecular formula is C7H16ClNO4S2. The zero-order valence-electron chi connectivity index (χ0n) is 8.73. The zero-order chi connectivity index (χ0) is 12.1. The van der Waals surface area contributed by atoms with Gasteiger partial charge in [0.2, 0.25) is 10.0 Å². The monoisotopic (exact) mass is 277 g/mol. The predicted octanol–water partition coefficient (Wildman–Crippen LogP) is -0.175. The fourth-order valence-electron chi connectivity index (χ4n) is 0.657. The number of sulfone groups is 1. The van der Waals surface area contributed by atoms with Gasteiger partial charge in [-0.1, -0.05) is 6.92 Å². The van der Waals surface area contributed by atoms with Crippen molar-refractivity contribution in [1.82, 2.24) is 4.72 Å². The van der Waals surface area contributed by atoms with Gasteiger partial charge in [-0.2, -0.15) is 0 Å². The largest absolute Gasteiger partial charge is 0.229 e. The van der Waals surface area contributed by atoms with Gasteiger partial charge in [0.15, 0.2) is 0 Å². The molecule has 0 radical (unpaired) electrons. The molecule has 0 saturated heterocycles. The first kappa shape index (κ1) is 15.2. The standard InChI is InChI=1S/C7H16ClNO4S2/c1-7(5-8)6-9-15(12,13)4-3-14(2,10)11/h7,9H,3-6H2,1-2H3. The molecule has 0 saturated carbocycles. The third-order valence-corrected chi connectivity index (χ3v) is 4.72. The number of hydrogen-bond acceptors (Lipinski definition) is 4. The van der Waals surface area contributed by atoms with E-state index in [1.54, 1.807) is 6.92 Å². The van der Waals surface area contributed by atoms with Crippen LogP contribution < -0.4 is 4.72 Å². The fraction of sp³-hybridized carbons (Fsp3) is 1.00. The molecule has 0 fully saturated rings. The lowest BCUT2D eigenvalue weighted by molar-refractivity contribution is 0.561. The number of halogens is 1. The summed E-state index contributed by atoms with van der Waals surface area (Å²) < 4.78 is 46.4. The van der Waals surface area contributed by atoms with Crippen molar-refractivity contribution in [2.24, 2.45) is 5.92 Å². The fourth-order valence-corrected chi connectivity index (χ4v) is 3.54. The summed E-state index contributed by atoms with van der Waals surface area (Å²) in [6.45, 7) is 2.03. The molecule has 0 aliphatic heterocycles. The summed E-state index contributed by atoms with van der Waals surface area (Å²) in [4.78, 5) is 0. The molecule has 5 nitrogen and oxygen atoms in total. The highest BCUT2D eigenvalue weighted by atomic mass is 35.5. The summed E-state index contributed by atoms with van der Waals surface area (Å²) >= 11 is 5.50. The van der Waals surface area contributed by atoms with Crippen LogP contribution in [0.25, 0.3) is 0 Å². The lowest BCUT2D eigenvalue weighted by atomic mass is 10.2. The van der Waals surface area contributed by atoms with Crippen molar-refractivity contribution < 1.29 is 16.8 Å². The second-order valence-corrected chi connectivity index (χ2v) is 8.05. The van der Waals surface area contributed by atoms with Gasteiger partial charge in [-0.25, -0.2) is 21.6 Å². The van der Waals surface area contributed by atoms with Crippen LogP contribution in [0.4, 0.5) is 0 Å². The van der Waals surface area contributed by atoms with E-state index in [0.717, 1.165) is 6.26 Å². The lowest BCUT2D eigenvalue weighted by Gasteiger charge is -2.09. The molecular weight excluding hydrogens is 262 g/mol. The van der Waals surface area contributed by atoms with Gasteiger partial charge in [-0.3, -0.25) is 0 Å². The normalized spacial score (nSPS) is 15.1. The van der Waals surface area contributed by atoms with Crippen LogP contribution in [0, 0.1) is 5.92 Å². The van der Waals surface area contributed by atoms with Gasteiger partial charge in [-0.05, 0) is 5.92 Å². The molecule has 0 heterocycles. The summed E-state index contributed by atoms with van der Waals surface area (Å²) in [6, 6.07) is 0. The molecule has 0 aliphatic rings. The van der Waals surface area contributed by atoms with Crippen molar-refractivity contribution in [1.29, 1.82) is 0 Å². The van der Waals surface area contributed by atoms with E-state index in [1.807, 2.05) is 0 Å². The Morgan fingerprint density at radius 3 is 2.13 bits per heavy atom. The van der Waals surface area contributed by atoms with Gasteiger partial charge in [0.25, 0.3) is 0 Å². The van der Waals surface area contributed by atoms with Crippen LogP contribution in [-0.2, 0) is 19.9 Å². The van der Waals surface area contributed by atoms with E-state index in [-0.39, 0.29) is 18.2 Å². The molecule has 0 aromatic heterocycles. The number of sulfonamides is 1. The predicted molar refractivity (Wildman–Crippen MR) is 61.4 cm³/mol. The van der Waals surface area contributed by atoms with Crippen LogP contribution in [-0.4, -0.2) is 47.0 Å². The minimum absolute atomic E-state index is 0.0275. The maximum Gasteiger partial charge on any atom is 0.212 e. The molecule has 0 aromatic rings. The lowest BCUT2D eigenvalue weighted by Crippen LogP contribution is -2.33. The third-order valence-electron chi connectivity index (χ3n) is 1.64. The molecule has 0 aliphatic carbocycles. The summed E-state index contributed by atoms with van der Waals surface area (Å²) in [5.41, 5.74) is 0. The van der Waals surface area contributed by atoms with Crippen molar-refractivity contribution in [2.45, 2.75) is 6.92 Å². The van der Waals surface area contributed by atoms with Crippen molar-refractivity contribution in [3.05, 3.63) is 0 Å². The summed E-state index contributed by atoms with van der Waals surface area (Å²) in [7, 11) is -6.75. The summed E-state index contributed by atoms with van der Waals surface area (Å²) in [5, 5.41) is 0. The minimum atomic E-state index is -3.51. The Morgan fingerprint density at radius 1 is 1.20 bits per heavy atom. The van der Waals surface area contributed by atoms with Crippen LogP contribution in [0.1, 0.15) is 6.92 Å². The minimum Gasteiger partial charge on any atom is -0.229 e. The van der Waals surface area contributed by atoms with Crippen LogP contribution in [0.2, 0.25) is 0 Å². The van der Waals surface area contributed by atoms with E-state index in [0.29, 0.717) is 5.88 Å². The number of hydrogen-bond donors (Lipinski definition) is 1. The Labute approximate surface area is 96.2 Å². The van der Waals surface area contributed by atoms with Gasteiger partial charge < -0.3 is 0 Å². The topological polar surface area (TPSA) is 80.3 Å². The van der Waals surface area contributed by atoms with Gasteiger partial charge in [-0.15, -0.1) is 11.6 Å². The Morgan fingerprint density at radius 2 is 1.73 bits per heavy atom. The molecule has 1 N–H and O–H groups in total. The SMILES string of the molecule is CC(CCl)CNS(=O)(=O)CCS(C)(=O)=O. The molecule has 0 bridgehead atoms. The molecule has 0 spiro atoms. The van der Waals surface area contributed by atoms with Gasteiger partial charge in [0.05, 0.1) is 11.5 Å². The molecule has 0 aromatic carbocycles. The van der Waals surface area contributed by atoms with E-state index in [2.05, 4.69) is 4.72 Å². The van der Waals surface area contributed by atoms with Crippen molar-refractivity contribution >= 4 is 31.5 Å². The Balaban J connectivity index is 4.10.